The topological polar surface area (TPSA) is 56.1 Å². The number of para-hydroxylation sites is 1. The summed E-state index contributed by atoms with van der Waals surface area (Å²) in [5.41, 5.74) is -0.462. The average Bonchev–Trinajstić information content (AvgIpc) is 2.33. The Bertz CT molecular complexity index is 451. The van der Waals surface area contributed by atoms with E-state index >= 15 is 0 Å². The summed E-state index contributed by atoms with van der Waals surface area (Å²) in [6, 6.07) is 5.25. The van der Waals surface area contributed by atoms with Crippen LogP contribution in [0.15, 0.2) is 18.2 Å². The van der Waals surface area contributed by atoms with E-state index in [4.69, 9.17) is 5.26 Å². The molecule has 6 heteroatoms. The van der Waals surface area contributed by atoms with Gasteiger partial charge in [-0.25, -0.2) is 8.78 Å². The van der Waals surface area contributed by atoms with E-state index in [0.717, 1.165) is 12.1 Å². The summed E-state index contributed by atoms with van der Waals surface area (Å²) in [6.07, 6.45) is 0. The highest BCUT2D eigenvalue weighted by atomic mass is 19.1. The van der Waals surface area contributed by atoms with E-state index < -0.39 is 23.2 Å². The highest BCUT2D eigenvalue weighted by molar-refractivity contribution is 5.92. The second-order valence-corrected chi connectivity index (χ2v) is 3.61. The standard InChI is InChI=1S/C12H13F2N3O/c1-2-17(7-6-15)8-11(18)16-12-9(13)4-3-5-10(12)14/h3-5H,2,7-8H2,1H3,(H,16,18). The number of halogens is 2. The predicted octanol–water partition coefficient (Wildman–Crippen LogP) is 1.75. The molecule has 4 nitrogen and oxygen atoms in total. The van der Waals surface area contributed by atoms with Crippen LogP contribution >= 0.6 is 0 Å². The molecule has 0 aliphatic heterocycles. The summed E-state index contributed by atoms with van der Waals surface area (Å²) >= 11 is 0. The molecule has 0 fully saturated rings. The largest absolute Gasteiger partial charge is 0.320 e. The van der Waals surface area contributed by atoms with Crippen LogP contribution in [0, 0.1) is 23.0 Å². The number of benzene rings is 1. The first kappa shape index (κ1) is 14.1. The van der Waals surface area contributed by atoms with E-state index in [1.807, 2.05) is 6.07 Å². The van der Waals surface area contributed by atoms with Crippen LogP contribution in [-0.4, -0.2) is 30.4 Å². The summed E-state index contributed by atoms with van der Waals surface area (Å²) in [6.45, 7) is 2.29. The lowest BCUT2D eigenvalue weighted by Gasteiger charge is -2.16. The highest BCUT2D eigenvalue weighted by Crippen LogP contribution is 2.17. The van der Waals surface area contributed by atoms with Crippen LogP contribution in [0.4, 0.5) is 14.5 Å². The molecule has 0 aliphatic carbocycles. The number of hydrogen-bond donors (Lipinski definition) is 1. The van der Waals surface area contributed by atoms with Crippen molar-refractivity contribution in [3.63, 3.8) is 0 Å². The third kappa shape index (κ3) is 3.79. The molecule has 1 N–H and O–H groups in total. The van der Waals surface area contributed by atoms with Crippen molar-refractivity contribution in [2.45, 2.75) is 6.92 Å². The molecule has 1 aromatic rings. The first-order valence-electron chi connectivity index (χ1n) is 5.41. The van der Waals surface area contributed by atoms with Crippen molar-refractivity contribution < 1.29 is 13.6 Å². The molecule has 0 atom stereocenters. The van der Waals surface area contributed by atoms with Gasteiger partial charge in [0, 0.05) is 0 Å². The fraction of sp³-hybridized carbons (Fsp3) is 0.333. The van der Waals surface area contributed by atoms with Gasteiger partial charge in [-0.15, -0.1) is 0 Å². The zero-order chi connectivity index (χ0) is 13.5. The molecular weight excluding hydrogens is 240 g/mol. The Morgan fingerprint density at radius 1 is 1.44 bits per heavy atom. The van der Waals surface area contributed by atoms with Gasteiger partial charge in [0.1, 0.15) is 17.3 Å². The number of carbonyl (C=O) groups is 1. The SMILES string of the molecule is CCN(CC#N)CC(=O)Nc1c(F)cccc1F. The molecule has 18 heavy (non-hydrogen) atoms. The number of carbonyl (C=O) groups excluding carboxylic acids is 1. The minimum absolute atomic E-state index is 0.0855. The molecule has 0 heterocycles. The Hall–Kier alpha value is -2.00. The van der Waals surface area contributed by atoms with Crippen molar-refractivity contribution in [3.05, 3.63) is 29.8 Å². The monoisotopic (exact) mass is 253 g/mol. The minimum Gasteiger partial charge on any atom is -0.320 e. The molecule has 0 radical (unpaired) electrons. The van der Waals surface area contributed by atoms with Crippen molar-refractivity contribution in [1.82, 2.24) is 4.90 Å². The van der Waals surface area contributed by atoms with Crippen molar-refractivity contribution in [1.29, 1.82) is 5.26 Å². The van der Waals surface area contributed by atoms with Gasteiger partial charge in [-0.3, -0.25) is 9.69 Å². The van der Waals surface area contributed by atoms with E-state index in [1.165, 1.54) is 6.07 Å². The molecule has 0 saturated carbocycles. The molecule has 0 saturated heterocycles. The summed E-state index contributed by atoms with van der Waals surface area (Å²) in [5, 5.41) is 10.7. The zero-order valence-corrected chi connectivity index (χ0v) is 9.91. The van der Waals surface area contributed by atoms with Gasteiger partial charge in [0.25, 0.3) is 0 Å². The van der Waals surface area contributed by atoms with E-state index in [0.29, 0.717) is 6.54 Å². The Kier molecular flexibility index (Phi) is 5.21. The molecule has 0 unspecified atom stereocenters. The van der Waals surface area contributed by atoms with Crippen LogP contribution in [0.5, 0.6) is 0 Å². The Morgan fingerprint density at radius 3 is 2.56 bits per heavy atom. The minimum atomic E-state index is -0.827. The van der Waals surface area contributed by atoms with Gasteiger partial charge in [0.2, 0.25) is 5.91 Å². The average molecular weight is 253 g/mol. The smallest absolute Gasteiger partial charge is 0.238 e. The summed E-state index contributed by atoms with van der Waals surface area (Å²) in [7, 11) is 0. The molecule has 96 valence electrons. The number of likely N-dealkylation sites (N-methyl/N-ethyl adjacent to an activating group) is 1. The molecule has 0 aliphatic rings. The van der Waals surface area contributed by atoms with Crippen LogP contribution in [-0.2, 0) is 4.79 Å². The summed E-state index contributed by atoms with van der Waals surface area (Å²) in [5.74, 6) is -2.21. The second kappa shape index (κ2) is 6.67. The maximum atomic E-state index is 13.3. The van der Waals surface area contributed by atoms with Gasteiger partial charge in [-0.1, -0.05) is 13.0 Å². The lowest BCUT2D eigenvalue weighted by Crippen LogP contribution is -2.33. The first-order chi connectivity index (χ1) is 8.58. The fourth-order valence-corrected chi connectivity index (χ4v) is 1.38. The Balaban J connectivity index is 2.68. The number of anilines is 1. The van der Waals surface area contributed by atoms with Crippen molar-refractivity contribution in [2.75, 3.05) is 25.0 Å². The van der Waals surface area contributed by atoms with E-state index in [-0.39, 0.29) is 13.1 Å². The number of nitriles is 1. The van der Waals surface area contributed by atoms with Crippen molar-refractivity contribution in [2.24, 2.45) is 0 Å². The van der Waals surface area contributed by atoms with Crippen molar-refractivity contribution >= 4 is 11.6 Å². The molecular formula is C12H13F2N3O. The van der Waals surface area contributed by atoms with Gasteiger partial charge in [0.15, 0.2) is 0 Å². The highest BCUT2D eigenvalue weighted by Gasteiger charge is 2.14. The van der Waals surface area contributed by atoms with Gasteiger partial charge in [-0.2, -0.15) is 5.26 Å². The fourth-order valence-electron chi connectivity index (χ4n) is 1.38. The predicted molar refractivity (Wildman–Crippen MR) is 62.7 cm³/mol. The lowest BCUT2D eigenvalue weighted by atomic mass is 10.3. The molecule has 1 aromatic carbocycles. The first-order valence-corrected chi connectivity index (χ1v) is 5.41. The summed E-state index contributed by atoms with van der Waals surface area (Å²) in [4.78, 5) is 13.1. The molecule has 0 aromatic heterocycles. The Morgan fingerprint density at radius 2 is 2.06 bits per heavy atom. The third-order valence-corrected chi connectivity index (χ3v) is 2.34. The molecule has 0 bridgehead atoms. The number of hydrogen-bond acceptors (Lipinski definition) is 3. The molecule has 1 rings (SSSR count). The number of rotatable bonds is 5. The third-order valence-electron chi connectivity index (χ3n) is 2.34. The molecule has 0 spiro atoms. The van der Waals surface area contributed by atoms with Gasteiger partial charge >= 0.3 is 0 Å². The van der Waals surface area contributed by atoms with Crippen LogP contribution in [0.1, 0.15) is 6.92 Å². The van der Waals surface area contributed by atoms with E-state index in [9.17, 15) is 13.6 Å². The normalized spacial score (nSPS) is 10.2. The van der Waals surface area contributed by atoms with Crippen molar-refractivity contribution in [3.8, 4) is 6.07 Å². The number of amides is 1. The van der Waals surface area contributed by atoms with Crippen LogP contribution in [0.25, 0.3) is 0 Å². The lowest BCUT2D eigenvalue weighted by molar-refractivity contribution is -0.117. The van der Waals surface area contributed by atoms with E-state index in [2.05, 4.69) is 5.32 Å². The zero-order valence-electron chi connectivity index (χ0n) is 9.91. The van der Waals surface area contributed by atoms with Crippen LogP contribution in [0.2, 0.25) is 0 Å². The second-order valence-electron chi connectivity index (χ2n) is 3.61. The quantitative estimate of drug-likeness (QED) is 0.813. The van der Waals surface area contributed by atoms with Crippen LogP contribution in [0.3, 0.4) is 0 Å². The van der Waals surface area contributed by atoms with Gasteiger partial charge in [-0.05, 0) is 18.7 Å². The maximum absolute atomic E-state index is 13.3. The van der Waals surface area contributed by atoms with Gasteiger partial charge in [0.05, 0.1) is 19.2 Å². The van der Waals surface area contributed by atoms with E-state index in [1.54, 1.807) is 11.8 Å². The van der Waals surface area contributed by atoms with Crippen LogP contribution < -0.4 is 5.32 Å². The number of nitrogens with one attached hydrogen (secondary N) is 1. The Labute approximate surface area is 104 Å². The summed E-state index contributed by atoms with van der Waals surface area (Å²) < 4.78 is 26.5. The molecule has 1 amide bonds. The number of nitrogens with zero attached hydrogens (tertiary/aromatic N) is 2. The maximum Gasteiger partial charge on any atom is 0.238 e. The van der Waals surface area contributed by atoms with Gasteiger partial charge < -0.3 is 5.32 Å².